The Labute approximate surface area is 123 Å². The average molecular weight is 410 g/mol. The number of hydrogen-bond donors (Lipinski definition) is 0. The van der Waals surface area contributed by atoms with Gasteiger partial charge in [-0.25, -0.2) is 4.57 Å². The van der Waals surface area contributed by atoms with Crippen LogP contribution in [-0.2, 0) is 18.1 Å². The molecule has 0 N–H and O–H groups in total. The van der Waals surface area contributed by atoms with Crippen LogP contribution in [0.5, 0.6) is 0 Å². The van der Waals surface area contributed by atoms with Gasteiger partial charge in [-0.15, -0.1) is 0 Å². The first-order valence-corrected chi connectivity index (χ1v) is 6.53. The monoisotopic (exact) mass is 410 g/mol. The molecule has 0 radical (unpaired) electrons. The lowest BCUT2D eigenvalue weighted by Gasteiger charge is -2.44. The maximum absolute atomic E-state index is 12.8. The summed E-state index contributed by atoms with van der Waals surface area (Å²) in [6.45, 7) is 0. The van der Waals surface area contributed by atoms with Gasteiger partial charge in [-0.1, -0.05) is 0 Å². The SMILES string of the molecule is COP1(=O)OC(C(F)(F)F)(C(F)(F)F)C(C(F)(F)F)(C(F)(F)F)O1. The third kappa shape index (κ3) is 2.49. The molecule has 1 aliphatic rings. The van der Waals surface area contributed by atoms with Crippen LogP contribution in [0.15, 0.2) is 0 Å². The molecule has 0 atom stereocenters. The highest BCUT2D eigenvalue weighted by Gasteiger charge is 3.01. The Kier molecular flexibility index (Phi) is 4.57. The van der Waals surface area contributed by atoms with Crippen molar-refractivity contribution in [3.05, 3.63) is 0 Å². The quantitative estimate of drug-likeness (QED) is 0.472. The lowest BCUT2D eigenvalue weighted by atomic mass is 9.79. The molecule has 1 aliphatic heterocycles. The summed E-state index contributed by atoms with van der Waals surface area (Å²) in [7, 11) is -6.63. The minimum Gasteiger partial charge on any atom is -0.290 e. The van der Waals surface area contributed by atoms with Gasteiger partial charge >= 0.3 is 43.7 Å². The van der Waals surface area contributed by atoms with Crippen LogP contribution in [0.1, 0.15) is 0 Å². The van der Waals surface area contributed by atoms with Crippen molar-refractivity contribution in [2.24, 2.45) is 0 Å². The van der Waals surface area contributed by atoms with Crippen molar-refractivity contribution in [1.82, 2.24) is 0 Å². The van der Waals surface area contributed by atoms with E-state index in [0.717, 1.165) is 0 Å². The summed E-state index contributed by atoms with van der Waals surface area (Å²) >= 11 is 0. The third-order valence-corrected chi connectivity index (χ3v) is 4.26. The highest BCUT2D eigenvalue weighted by atomic mass is 31.2. The summed E-state index contributed by atoms with van der Waals surface area (Å²) in [5.74, 6) is 0. The molecule has 0 saturated carbocycles. The van der Waals surface area contributed by atoms with Gasteiger partial charge in [0.2, 0.25) is 0 Å². The highest BCUT2D eigenvalue weighted by Crippen LogP contribution is 2.77. The first-order valence-electron chi connectivity index (χ1n) is 5.06. The van der Waals surface area contributed by atoms with E-state index in [9.17, 15) is 57.3 Å². The second-order valence-electron chi connectivity index (χ2n) is 4.17. The maximum atomic E-state index is 12.8. The van der Waals surface area contributed by atoms with Crippen LogP contribution in [0.25, 0.3) is 0 Å². The van der Waals surface area contributed by atoms with Gasteiger partial charge < -0.3 is 0 Å². The molecule has 24 heavy (non-hydrogen) atoms. The topological polar surface area (TPSA) is 44.8 Å². The van der Waals surface area contributed by atoms with Gasteiger partial charge in [0, 0.05) is 7.11 Å². The number of rotatable bonds is 1. The summed E-state index contributed by atoms with van der Waals surface area (Å²) in [6, 6.07) is 0. The predicted octanol–water partition coefficient (Wildman–Crippen LogP) is 4.51. The van der Waals surface area contributed by atoms with Gasteiger partial charge in [0.1, 0.15) is 0 Å². The molecule has 17 heteroatoms. The largest absolute Gasteiger partial charge is 0.477 e. The molecule has 0 aliphatic carbocycles. The van der Waals surface area contributed by atoms with E-state index in [1.165, 1.54) is 0 Å². The van der Waals surface area contributed by atoms with Crippen molar-refractivity contribution < 1.29 is 70.8 Å². The van der Waals surface area contributed by atoms with Gasteiger partial charge in [0.05, 0.1) is 0 Å². The van der Waals surface area contributed by atoms with E-state index in [-0.39, 0.29) is 7.11 Å². The van der Waals surface area contributed by atoms with Gasteiger partial charge in [0.25, 0.3) is 0 Å². The average Bonchev–Trinajstić information content (AvgIpc) is 2.60. The first kappa shape index (κ1) is 21.3. The van der Waals surface area contributed by atoms with Crippen LogP contribution >= 0.6 is 7.82 Å². The molecule has 1 heterocycles. The van der Waals surface area contributed by atoms with E-state index in [1.807, 2.05) is 0 Å². The number of halogens is 12. The number of phosphoric acid groups is 1. The fourth-order valence-electron chi connectivity index (χ4n) is 1.88. The highest BCUT2D eigenvalue weighted by molar-refractivity contribution is 7.48. The molecular weight excluding hydrogens is 407 g/mol. The van der Waals surface area contributed by atoms with Crippen LogP contribution in [0, 0.1) is 0 Å². The van der Waals surface area contributed by atoms with Crippen LogP contribution in [-0.4, -0.2) is 43.0 Å². The maximum Gasteiger partial charge on any atom is 0.477 e. The Balaban J connectivity index is 4.11. The van der Waals surface area contributed by atoms with E-state index in [1.54, 1.807) is 0 Å². The predicted molar refractivity (Wildman–Crippen MR) is 46.5 cm³/mol. The van der Waals surface area contributed by atoms with Crippen LogP contribution in [0.3, 0.4) is 0 Å². The summed E-state index contributed by atoms with van der Waals surface area (Å²) < 4.78 is 174. The molecule has 0 spiro atoms. The van der Waals surface area contributed by atoms with Crippen LogP contribution < -0.4 is 0 Å². The zero-order valence-electron chi connectivity index (χ0n) is 10.6. The minimum atomic E-state index is -7.40. The molecule has 1 saturated heterocycles. The molecule has 0 aromatic rings. The zero-order chi connectivity index (χ0) is 19.6. The fourth-order valence-corrected chi connectivity index (χ4v) is 3.41. The molecule has 4 nitrogen and oxygen atoms in total. The third-order valence-electron chi connectivity index (χ3n) is 2.81. The van der Waals surface area contributed by atoms with Crippen molar-refractivity contribution in [3.8, 4) is 0 Å². The summed E-state index contributed by atoms with van der Waals surface area (Å²) in [5, 5.41) is 0. The van der Waals surface area contributed by atoms with Gasteiger partial charge in [-0.2, -0.15) is 52.7 Å². The summed E-state index contributed by atoms with van der Waals surface area (Å²) in [6.07, 6.45) is -29.6. The summed E-state index contributed by atoms with van der Waals surface area (Å²) in [5.41, 5.74) is -14.1. The Hall–Kier alpha value is -0.730. The Morgan fingerprint density at radius 3 is 1.00 bits per heavy atom. The normalized spacial score (nSPS) is 24.2. The second-order valence-corrected chi connectivity index (χ2v) is 5.79. The van der Waals surface area contributed by atoms with E-state index < -0.39 is 43.7 Å². The zero-order valence-corrected chi connectivity index (χ0v) is 11.5. The van der Waals surface area contributed by atoms with E-state index in [2.05, 4.69) is 13.6 Å². The number of phosphoric ester groups is 1. The molecule has 0 unspecified atom stereocenters. The van der Waals surface area contributed by atoms with Crippen LogP contribution in [0.4, 0.5) is 52.7 Å². The lowest BCUT2D eigenvalue weighted by molar-refractivity contribution is -0.464. The van der Waals surface area contributed by atoms with E-state index >= 15 is 0 Å². The van der Waals surface area contributed by atoms with Gasteiger partial charge in [-0.3, -0.25) is 13.6 Å². The standard InChI is InChI=1S/C7H3F12O4P/c1-21-24(20)22-2(4(8,9)10,5(11,12)13)3(23-24,6(14,15)16)7(17,18)19/h1H3. The molecule has 0 amide bonds. The smallest absolute Gasteiger partial charge is 0.290 e. The summed E-state index contributed by atoms with van der Waals surface area (Å²) in [4.78, 5) is 0. The molecule has 0 aromatic carbocycles. The Morgan fingerprint density at radius 1 is 0.667 bits per heavy atom. The second kappa shape index (κ2) is 5.14. The van der Waals surface area contributed by atoms with Crippen molar-refractivity contribution >= 4 is 7.82 Å². The molecular formula is C7H3F12O4P. The van der Waals surface area contributed by atoms with Crippen molar-refractivity contribution in [3.63, 3.8) is 0 Å². The Morgan fingerprint density at radius 2 is 0.875 bits per heavy atom. The number of alkyl halides is 12. The van der Waals surface area contributed by atoms with Crippen molar-refractivity contribution in [2.75, 3.05) is 7.11 Å². The lowest BCUT2D eigenvalue weighted by Crippen LogP contribution is -2.79. The van der Waals surface area contributed by atoms with E-state index in [4.69, 9.17) is 0 Å². The molecule has 1 fully saturated rings. The van der Waals surface area contributed by atoms with E-state index in [0.29, 0.717) is 0 Å². The van der Waals surface area contributed by atoms with Crippen LogP contribution in [0.2, 0.25) is 0 Å². The van der Waals surface area contributed by atoms with Gasteiger partial charge in [0.15, 0.2) is 0 Å². The molecule has 144 valence electrons. The van der Waals surface area contributed by atoms with Crippen molar-refractivity contribution in [2.45, 2.75) is 35.9 Å². The minimum absolute atomic E-state index is 0.0683. The fraction of sp³-hybridized carbons (Fsp3) is 1.00. The van der Waals surface area contributed by atoms with Crippen molar-refractivity contribution in [1.29, 1.82) is 0 Å². The molecule has 0 aromatic heterocycles. The van der Waals surface area contributed by atoms with Gasteiger partial charge in [-0.05, 0) is 0 Å². The number of hydrogen-bond acceptors (Lipinski definition) is 4. The molecule has 0 bridgehead atoms. The molecule has 1 rings (SSSR count). The first-order chi connectivity index (χ1) is 10.2. The Bertz CT molecular complexity index is 470.